The summed E-state index contributed by atoms with van der Waals surface area (Å²) in [5.41, 5.74) is 2.56. The molecule has 0 radical (unpaired) electrons. The molecule has 0 aliphatic rings. The van der Waals surface area contributed by atoms with Gasteiger partial charge in [0.05, 0.1) is 7.11 Å². The lowest BCUT2D eigenvalue weighted by atomic mass is 10.0. The predicted octanol–water partition coefficient (Wildman–Crippen LogP) is 3.35. The van der Waals surface area contributed by atoms with Gasteiger partial charge in [0, 0.05) is 19.3 Å². The van der Waals surface area contributed by atoms with Crippen molar-refractivity contribution in [3.05, 3.63) is 23.8 Å². The molecule has 1 aromatic rings. The molecule has 0 bridgehead atoms. The van der Waals surface area contributed by atoms with Gasteiger partial charge < -0.3 is 9.64 Å². The van der Waals surface area contributed by atoms with Gasteiger partial charge >= 0.3 is 0 Å². The molecule has 0 N–H and O–H groups in total. The first kappa shape index (κ1) is 12.9. The van der Waals surface area contributed by atoms with Crippen molar-refractivity contribution >= 4 is 5.69 Å². The van der Waals surface area contributed by atoms with Crippen LogP contribution in [0, 0.1) is 5.92 Å². The minimum Gasteiger partial charge on any atom is -0.496 e. The first-order chi connectivity index (χ1) is 7.58. The normalized spacial score (nSPS) is 10.6. The van der Waals surface area contributed by atoms with Crippen LogP contribution in [0.2, 0.25) is 0 Å². The average Bonchev–Trinajstić information content (AvgIpc) is 2.27. The monoisotopic (exact) mass is 221 g/mol. The summed E-state index contributed by atoms with van der Waals surface area (Å²) in [6.45, 7) is 7.64. The topological polar surface area (TPSA) is 12.5 Å². The molecule has 0 saturated carbocycles. The molecule has 16 heavy (non-hydrogen) atoms. The highest BCUT2D eigenvalue weighted by molar-refractivity contribution is 5.52. The maximum Gasteiger partial charge on any atom is 0.122 e. The SMILES string of the molecule is CCN(C)c1ccc(OC)c(CC(C)C)c1. The van der Waals surface area contributed by atoms with Crippen molar-refractivity contribution in [3.63, 3.8) is 0 Å². The van der Waals surface area contributed by atoms with E-state index < -0.39 is 0 Å². The van der Waals surface area contributed by atoms with Gasteiger partial charge in [0.15, 0.2) is 0 Å². The molecule has 0 aliphatic carbocycles. The minimum atomic E-state index is 0.649. The molecule has 0 aromatic heterocycles. The third-order valence-corrected chi connectivity index (χ3v) is 2.81. The first-order valence-electron chi connectivity index (χ1n) is 5.96. The van der Waals surface area contributed by atoms with Crippen molar-refractivity contribution in [1.82, 2.24) is 0 Å². The average molecular weight is 221 g/mol. The number of anilines is 1. The molecule has 1 aromatic carbocycles. The predicted molar refractivity (Wildman–Crippen MR) is 70.5 cm³/mol. The van der Waals surface area contributed by atoms with Crippen LogP contribution in [0.25, 0.3) is 0 Å². The zero-order chi connectivity index (χ0) is 12.1. The van der Waals surface area contributed by atoms with Crippen LogP contribution in [0.3, 0.4) is 0 Å². The molecule has 90 valence electrons. The summed E-state index contributed by atoms with van der Waals surface area (Å²) in [6, 6.07) is 6.42. The van der Waals surface area contributed by atoms with Crippen LogP contribution in [-0.4, -0.2) is 20.7 Å². The van der Waals surface area contributed by atoms with E-state index in [2.05, 4.69) is 50.9 Å². The van der Waals surface area contributed by atoms with Crippen molar-refractivity contribution in [2.45, 2.75) is 27.2 Å². The summed E-state index contributed by atoms with van der Waals surface area (Å²) in [4.78, 5) is 2.24. The molecule has 1 rings (SSSR count). The van der Waals surface area contributed by atoms with Gasteiger partial charge in [0.25, 0.3) is 0 Å². The molecule has 0 amide bonds. The van der Waals surface area contributed by atoms with Gasteiger partial charge in [-0.25, -0.2) is 0 Å². The summed E-state index contributed by atoms with van der Waals surface area (Å²) < 4.78 is 5.40. The molecule has 0 saturated heterocycles. The van der Waals surface area contributed by atoms with Gasteiger partial charge in [0.2, 0.25) is 0 Å². The van der Waals surface area contributed by atoms with Crippen LogP contribution in [0.5, 0.6) is 5.75 Å². The second-order valence-electron chi connectivity index (χ2n) is 4.61. The molecule has 0 atom stereocenters. The van der Waals surface area contributed by atoms with Crippen molar-refractivity contribution in [1.29, 1.82) is 0 Å². The Hall–Kier alpha value is -1.18. The van der Waals surface area contributed by atoms with Crippen LogP contribution in [0.1, 0.15) is 26.3 Å². The first-order valence-corrected chi connectivity index (χ1v) is 5.96. The highest BCUT2D eigenvalue weighted by Gasteiger charge is 2.08. The van der Waals surface area contributed by atoms with Gasteiger partial charge in [-0.05, 0) is 43.0 Å². The fraction of sp³-hybridized carbons (Fsp3) is 0.571. The molecular weight excluding hydrogens is 198 g/mol. The maximum atomic E-state index is 5.40. The lowest BCUT2D eigenvalue weighted by molar-refractivity contribution is 0.407. The van der Waals surface area contributed by atoms with E-state index in [1.807, 2.05) is 0 Å². The molecule has 0 heterocycles. The Labute approximate surface area is 99.2 Å². The lowest BCUT2D eigenvalue weighted by Gasteiger charge is -2.19. The number of ether oxygens (including phenoxy) is 1. The number of benzene rings is 1. The molecule has 0 spiro atoms. The van der Waals surface area contributed by atoms with Gasteiger partial charge in [-0.1, -0.05) is 13.8 Å². The largest absolute Gasteiger partial charge is 0.496 e. The smallest absolute Gasteiger partial charge is 0.122 e. The summed E-state index contributed by atoms with van der Waals surface area (Å²) >= 11 is 0. The van der Waals surface area contributed by atoms with E-state index in [0.717, 1.165) is 18.7 Å². The fourth-order valence-electron chi connectivity index (χ4n) is 1.78. The van der Waals surface area contributed by atoms with Crippen molar-refractivity contribution in [2.75, 3.05) is 25.6 Å². The van der Waals surface area contributed by atoms with E-state index >= 15 is 0 Å². The lowest BCUT2D eigenvalue weighted by Crippen LogP contribution is -2.16. The number of methoxy groups -OCH3 is 1. The van der Waals surface area contributed by atoms with Crippen LogP contribution in [-0.2, 0) is 6.42 Å². The molecule has 0 unspecified atom stereocenters. The van der Waals surface area contributed by atoms with Crippen molar-refractivity contribution < 1.29 is 4.74 Å². The van der Waals surface area contributed by atoms with Gasteiger partial charge in [0.1, 0.15) is 5.75 Å². The van der Waals surface area contributed by atoms with Crippen LogP contribution in [0.15, 0.2) is 18.2 Å². The standard InChI is InChI=1S/C14H23NO/c1-6-15(4)13-7-8-14(16-5)12(10-13)9-11(2)3/h7-8,10-11H,6,9H2,1-5H3. The van der Waals surface area contributed by atoms with Crippen LogP contribution in [0.4, 0.5) is 5.69 Å². The van der Waals surface area contributed by atoms with Gasteiger partial charge in [-0.3, -0.25) is 0 Å². The highest BCUT2D eigenvalue weighted by atomic mass is 16.5. The van der Waals surface area contributed by atoms with E-state index in [1.54, 1.807) is 7.11 Å². The summed E-state index contributed by atoms with van der Waals surface area (Å²) in [6.07, 6.45) is 1.06. The van der Waals surface area contributed by atoms with E-state index in [9.17, 15) is 0 Å². The number of hydrogen-bond donors (Lipinski definition) is 0. The Morgan fingerprint density at radius 2 is 2.00 bits per heavy atom. The molecule has 2 heteroatoms. The zero-order valence-corrected chi connectivity index (χ0v) is 11.1. The highest BCUT2D eigenvalue weighted by Crippen LogP contribution is 2.26. The Kier molecular flexibility index (Phi) is 4.66. The van der Waals surface area contributed by atoms with E-state index in [1.165, 1.54) is 11.3 Å². The minimum absolute atomic E-state index is 0.649. The Morgan fingerprint density at radius 1 is 1.31 bits per heavy atom. The molecule has 0 aliphatic heterocycles. The summed E-state index contributed by atoms with van der Waals surface area (Å²) in [5.74, 6) is 1.65. The number of hydrogen-bond acceptors (Lipinski definition) is 2. The number of rotatable bonds is 5. The van der Waals surface area contributed by atoms with E-state index in [0.29, 0.717) is 5.92 Å². The molecule has 0 fully saturated rings. The second kappa shape index (κ2) is 5.78. The number of nitrogens with zero attached hydrogens (tertiary/aromatic N) is 1. The van der Waals surface area contributed by atoms with Crippen LogP contribution >= 0.6 is 0 Å². The Bertz CT molecular complexity index is 334. The summed E-state index contributed by atoms with van der Waals surface area (Å²) in [7, 11) is 3.85. The van der Waals surface area contributed by atoms with Crippen LogP contribution < -0.4 is 9.64 Å². The summed E-state index contributed by atoms with van der Waals surface area (Å²) in [5, 5.41) is 0. The second-order valence-corrected chi connectivity index (χ2v) is 4.61. The van der Waals surface area contributed by atoms with Gasteiger partial charge in [-0.2, -0.15) is 0 Å². The van der Waals surface area contributed by atoms with Gasteiger partial charge in [-0.15, -0.1) is 0 Å². The van der Waals surface area contributed by atoms with E-state index in [-0.39, 0.29) is 0 Å². The fourth-order valence-corrected chi connectivity index (χ4v) is 1.78. The molecular formula is C14H23NO. The Morgan fingerprint density at radius 3 is 2.50 bits per heavy atom. The third-order valence-electron chi connectivity index (χ3n) is 2.81. The van der Waals surface area contributed by atoms with Crippen molar-refractivity contribution in [2.24, 2.45) is 5.92 Å². The van der Waals surface area contributed by atoms with E-state index in [4.69, 9.17) is 4.74 Å². The van der Waals surface area contributed by atoms with Crippen molar-refractivity contribution in [3.8, 4) is 5.75 Å². The molecule has 2 nitrogen and oxygen atoms in total. The third kappa shape index (κ3) is 3.16. The quantitative estimate of drug-likeness (QED) is 0.756. The maximum absolute atomic E-state index is 5.40. The zero-order valence-electron chi connectivity index (χ0n) is 11.1. The Balaban J connectivity index is 3.00.